The lowest BCUT2D eigenvalue weighted by Gasteiger charge is -2.26. The summed E-state index contributed by atoms with van der Waals surface area (Å²) in [5, 5.41) is 2.98. The lowest BCUT2D eigenvalue weighted by Crippen LogP contribution is -2.41. The third-order valence-corrected chi connectivity index (χ3v) is 3.74. The molecule has 106 valence electrons. The largest absolute Gasteiger partial charge is 0.467 e. The van der Waals surface area contributed by atoms with Crippen LogP contribution in [0.2, 0.25) is 0 Å². The van der Waals surface area contributed by atoms with Crippen molar-refractivity contribution in [1.82, 2.24) is 10.2 Å². The molecular weight excluding hydrogens is 244 g/mol. The van der Waals surface area contributed by atoms with Crippen molar-refractivity contribution in [2.45, 2.75) is 25.8 Å². The molecule has 5 nitrogen and oxygen atoms in total. The summed E-state index contributed by atoms with van der Waals surface area (Å²) in [5.74, 6) is 1.33. The minimum Gasteiger partial charge on any atom is -0.467 e. The lowest BCUT2D eigenvalue weighted by atomic mass is 10.0. The fourth-order valence-electron chi connectivity index (χ4n) is 2.20. The number of hydrogen-bond acceptors (Lipinski definition) is 3. The zero-order chi connectivity index (χ0) is 13.7. The smallest absolute Gasteiger partial charge is 0.317 e. The van der Waals surface area contributed by atoms with Gasteiger partial charge in [0.2, 0.25) is 0 Å². The fourth-order valence-corrected chi connectivity index (χ4v) is 2.20. The van der Waals surface area contributed by atoms with Crippen molar-refractivity contribution in [1.29, 1.82) is 0 Å². The highest BCUT2D eigenvalue weighted by molar-refractivity contribution is 5.74. The van der Waals surface area contributed by atoms with Crippen molar-refractivity contribution in [3.05, 3.63) is 24.2 Å². The molecule has 1 fully saturated rings. The molecule has 1 saturated heterocycles. The summed E-state index contributed by atoms with van der Waals surface area (Å²) < 4.78 is 10.6. The second kappa shape index (κ2) is 6.61. The molecule has 1 aliphatic rings. The van der Waals surface area contributed by atoms with Gasteiger partial charge in [-0.05, 0) is 37.8 Å². The molecule has 1 N–H and O–H groups in total. The molecule has 1 aliphatic heterocycles. The van der Waals surface area contributed by atoms with Gasteiger partial charge in [0, 0.05) is 26.8 Å². The Morgan fingerprint density at radius 2 is 2.26 bits per heavy atom. The number of carbonyl (C=O) groups is 1. The molecule has 0 aromatic carbocycles. The van der Waals surface area contributed by atoms with E-state index in [1.807, 2.05) is 19.1 Å². The number of nitrogens with one attached hydrogen (secondary N) is 1. The van der Waals surface area contributed by atoms with Crippen LogP contribution in [0.4, 0.5) is 4.79 Å². The first-order chi connectivity index (χ1) is 9.18. The van der Waals surface area contributed by atoms with Crippen LogP contribution in [0.1, 0.15) is 31.6 Å². The number of hydrogen-bond donors (Lipinski definition) is 1. The second-order valence-electron chi connectivity index (χ2n) is 5.04. The first-order valence-electron chi connectivity index (χ1n) is 6.80. The fraction of sp³-hybridized carbons (Fsp3) is 0.643. The third-order valence-electron chi connectivity index (χ3n) is 3.74. The van der Waals surface area contributed by atoms with Gasteiger partial charge in [-0.25, -0.2) is 4.79 Å². The average Bonchev–Trinajstić information content (AvgIpc) is 2.98. The molecule has 1 unspecified atom stereocenters. The van der Waals surface area contributed by atoms with Crippen molar-refractivity contribution < 1.29 is 13.9 Å². The predicted octanol–water partition coefficient (Wildman–Crippen LogP) is 2.41. The molecule has 1 atom stereocenters. The SMILES string of the molecule is CC(c1ccco1)N(C)C(=O)NCC1CCOCC1. The van der Waals surface area contributed by atoms with E-state index < -0.39 is 0 Å². The molecule has 0 bridgehead atoms. The highest BCUT2D eigenvalue weighted by atomic mass is 16.5. The Bertz CT molecular complexity index is 385. The Kier molecular flexibility index (Phi) is 4.85. The van der Waals surface area contributed by atoms with Crippen LogP contribution in [0.3, 0.4) is 0 Å². The molecule has 2 rings (SSSR count). The topological polar surface area (TPSA) is 54.7 Å². The van der Waals surface area contributed by atoms with Gasteiger partial charge in [-0.3, -0.25) is 0 Å². The van der Waals surface area contributed by atoms with E-state index in [0.717, 1.165) is 38.4 Å². The summed E-state index contributed by atoms with van der Waals surface area (Å²) in [5.41, 5.74) is 0. The Morgan fingerprint density at radius 1 is 1.53 bits per heavy atom. The summed E-state index contributed by atoms with van der Waals surface area (Å²) >= 11 is 0. The van der Waals surface area contributed by atoms with E-state index in [1.165, 1.54) is 0 Å². The summed E-state index contributed by atoms with van der Waals surface area (Å²) in [6, 6.07) is 3.59. The number of furan rings is 1. The molecule has 1 aromatic rings. The number of nitrogens with zero attached hydrogens (tertiary/aromatic N) is 1. The summed E-state index contributed by atoms with van der Waals surface area (Å²) in [6.45, 7) is 4.28. The maximum Gasteiger partial charge on any atom is 0.317 e. The molecular formula is C14H22N2O3. The monoisotopic (exact) mass is 266 g/mol. The first kappa shape index (κ1) is 13.9. The van der Waals surface area contributed by atoms with Crippen LogP contribution in [0.25, 0.3) is 0 Å². The van der Waals surface area contributed by atoms with Gasteiger partial charge in [0.15, 0.2) is 0 Å². The number of ether oxygens (including phenoxy) is 1. The first-order valence-corrected chi connectivity index (χ1v) is 6.80. The van der Waals surface area contributed by atoms with Crippen molar-refractivity contribution >= 4 is 6.03 Å². The maximum absolute atomic E-state index is 12.1. The van der Waals surface area contributed by atoms with Gasteiger partial charge in [0.05, 0.1) is 12.3 Å². The van der Waals surface area contributed by atoms with Crippen LogP contribution in [0.15, 0.2) is 22.8 Å². The minimum absolute atomic E-state index is 0.0598. The van der Waals surface area contributed by atoms with Crippen LogP contribution >= 0.6 is 0 Å². The van der Waals surface area contributed by atoms with Gasteiger partial charge in [-0.1, -0.05) is 0 Å². The van der Waals surface area contributed by atoms with E-state index in [0.29, 0.717) is 5.92 Å². The molecule has 2 heterocycles. The molecule has 0 spiro atoms. The van der Waals surface area contributed by atoms with Crippen LogP contribution in [-0.2, 0) is 4.74 Å². The molecule has 0 radical (unpaired) electrons. The quantitative estimate of drug-likeness (QED) is 0.910. The van der Waals surface area contributed by atoms with Gasteiger partial charge < -0.3 is 19.4 Å². The summed E-state index contributed by atoms with van der Waals surface area (Å²) in [4.78, 5) is 13.7. The Labute approximate surface area is 113 Å². The Balaban J connectivity index is 1.78. The number of amides is 2. The minimum atomic E-state index is -0.0651. The van der Waals surface area contributed by atoms with Crippen LogP contribution in [-0.4, -0.2) is 37.7 Å². The standard InChI is InChI=1S/C14H22N2O3/c1-11(13-4-3-7-19-13)16(2)14(17)15-10-12-5-8-18-9-6-12/h3-4,7,11-12H,5-6,8-10H2,1-2H3,(H,15,17). The maximum atomic E-state index is 12.1. The van der Waals surface area contributed by atoms with E-state index >= 15 is 0 Å². The summed E-state index contributed by atoms with van der Waals surface area (Å²) in [6.07, 6.45) is 3.68. The Morgan fingerprint density at radius 3 is 2.89 bits per heavy atom. The van der Waals surface area contributed by atoms with Gasteiger partial charge >= 0.3 is 6.03 Å². The van der Waals surface area contributed by atoms with Crippen molar-refractivity contribution in [3.63, 3.8) is 0 Å². The van der Waals surface area contributed by atoms with E-state index in [2.05, 4.69) is 5.32 Å². The molecule has 19 heavy (non-hydrogen) atoms. The molecule has 0 aliphatic carbocycles. The van der Waals surface area contributed by atoms with Crippen LogP contribution in [0.5, 0.6) is 0 Å². The van der Waals surface area contributed by atoms with Gasteiger partial charge in [-0.2, -0.15) is 0 Å². The van der Waals surface area contributed by atoms with Gasteiger partial charge in [-0.15, -0.1) is 0 Å². The third kappa shape index (κ3) is 3.73. The lowest BCUT2D eigenvalue weighted by molar-refractivity contribution is 0.0663. The van der Waals surface area contributed by atoms with E-state index in [9.17, 15) is 4.79 Å². The second-order valence-corrected chi connectivity index (χ2v) is 5.04. The normalized spacial score (nSPS) is 18.0. The zero-order valence-electron chi connectivity index (χ0n) is 11.6. The highest BCUT2D eigenvalue weighted by Crippen LogP contribution is 2.19. The molecule has 1 aromatic heterocycles. The van der Waals surface area contributed by atoms with E-state index in [4.69, 9.17) is 9.15 Å². The number of rotatable bonds is 4. The van der Waals surface area contributed by atoms with E-state index in [1.54, 1.807) is 18.2 Å². The summed E-state index contributed by atoms with van der Waals surface area (Å²) in [7, 11) is 1.78. The predicted molar refractivity (Wildman–Crippen MR) is 71.8 cm³/mol. The van der Waals surface area contributed by atoms with Crippen LogP contribution in [0, 0.1) is 5.92 Å². The van der Waals surface area contributed by atoms with Gasteiger partial charge in [0.25, 0.3) is 0 Å². The zero-order valence-corrected chi connectivity index (χ0v) is 11.6. The van der Waals surface area contributed by atoms with E-state index in [-0.39, 0.29) is 12.1 Å². The molecule has 2 amide bonds. The molecule has 5 heteroatoms. The average molecular weight is 266 g/mol. The molecule has 0 saturated carbocycles. The number of urea groups is 1. The Hall–Kier alpha value is -1.49. The van der Waals surface area contributed by atoms with Crippen LogP contribution < -0.4 is 5.32 Å². The highest BCUT2D eigenvalue weighted by Gasteiger charge is 2.21. The van der Waals surface area contributed by atoms with Crippen molar-refractivity contribution in [3.8, 4) is 0 Å². The van der Waals surface area contributed by atoms with Crippen molar-refractivity contribution in [2.24, 2.45) is 5.92 Å². The van der Waals surface area contributed by atoms with Crippen molar-refractivity contribution in [2.75, 3.05) is 26.8 Å². The number of carbonyl (C=O) groups excluding carboxylic acids is 1. The van der Waals surface area contributed by atoms with Gasteiger partial charge in [0.1, 0.15) is 5.76 Å².